The summed E-state index contributed by atoms with van der Waals surface area (Å²) in [6, 6.07) is 0.571. The van der Waals surface area contributed by atoms with Gasteiger partial charge in [0.05, 0.1) is 18.7 Å². The number of fused-ring (bicyclic) bond motifs is 1. The molecule has 1 saturated heterocycles. The molecular formula is C13H22N4O. The highest BCUT2D eigenvalue weighted by atomic mass is 16.3. The van der Waals surface area contributed by atoms with Crippen molar-refractivity contribution in [2.24, 2.45) is 0 Å². The van der Waals surface area contributed by atoms with E-state index in [1.807, 2.05) is 0 Å². The molecule has 1 N–H and O–H groups in total. The molecule has 1 fully saturated rings. The first-order chi connectivity index (χ1) is 8.81. The summed E-state index contributed by atoms with van der Waals surface area (Å²) in [6.45, 7) is 1.34. The Morgan fingerprint density at radius 3 is 2.89 bits per heavy atom. The van der Waals surface area contributed by atoms with Crippen LogP contribution in [-0.4, -0.2) is 45.0 Å². The van der Waals surface area contributed by atoms with Gasteiger partial charge in [-0.05, 0) is 39.3 Å². The van der Waals surface area contributed by atoms with E-state index in [1.54, 1.807) is 0 Å². The standard InChI is InChI=1S/C13H22N4O/c1-16-8-3-2-6-11(16)13-15-14-12-7-4-5-10(9-18)17(12)13/h10-11,18H,2-9H2,1H3. The fourth-order valence-electron chi connectivity index (χ4n) is 3.33. The van der Waals surface area contributed by atoms with E-state index in [-0.39, 0.29) is 12.6 Å². The largest absolute Gasteiger partial charge is 0.394 e. The zero-order valence-corrected chi connectivity index (χ0v) is 11.0. The number of hydrogen-bond donors (Lipinski definition) is 1. The van der Waals surface area contributed by atoms with Crippen molar-refractivity contribution in [2.75, 3.05) is 20.2 Å². The molecule has 0 bridgehead atoms. The van der Waals surface area contributed by atoms with E-state index in [4.69, 9.17) is 0 Å². The Hall–Kier alpha value is -0.940. The van der Waals surface area contributed by atoms with Gasteiger partial charge in [-0.15, -0.1) is 10.2 Å². The van der Waals surface area contributed by atoms with Crippen molar-refractivity contribution in [1.29, 1.82) is 0 Å². The average molecular weight is 250 g/mol. The maximum Gasteiger partial charge on any atom is 0.150 e. The highest BCUT2D eigenvalue weighted by Crippen LogP contribution is 2.33. The van der Waals surface area contributed by atoms with Crippen LogP contribution in [0.5, 0.6) is 0 Å². The number of aliphatic hydroxyl groups excluding tert-OH is 1. The molecule has 0 aliphatic carbocycles. The maximum atomic E-state index is 9.55. The third-order valence-electron chi connectivity index (χ3n) is 4.37. The fourth-order valence-corrected chi connectivity index (χ4v) is 3.33. The molecule has 1 aromatic rings. The number of likely N-dealkylation sites (tertiary alicyclic amines) is 1. The molecule has 0 saturated carbocycles. The number of rotatable bonds is 2. The lowest BCUT2D eigenvalue weighted by atomic mass is 10.00. The number of nitrogens with zero attached hydrogens (tertiary/aromatic N) is 4. The zero-order valence-electron chi connectivity index (χ0n) is 11.0. The summed E-state index contributed by atoms with van der Waals surface area (Å²) in [6.07, 6.45) is 6.86. The lowest BCUT2D eigenvalue weighted by molar-refractivity contribution is 0.157. The number of aliphatic hydroxyl groups is 1. The van der Waals surface area contributed by atoms with Gasteiger partial charge in [0.15, 0.2) is 5.82 Å². The van der Waals surface area contributed by atoms with Gasteiger partial charge in [0.1, 0.15) is 5.82 Å². The second-order valence-electron chi connectivity index (χ2n) is 5.57. The van der Waals surface area contributed by atoms with Gasteiger partial charge in [-0.25, -0.2) is 0 Å². The summed E-state index contributed by atoms with van der Waals surface area (Å²) in [5, 5.41) is 18.3. The topological polar surface area (TPSA) is 54.2 Å². The van der Waals surface area contributed by atoms with Gasteiger partial charge in [-0.2, -0.15) is 0 Å². The summed E-state index contributed by atoms with van der Waals surface area (Å²) in [7, 11) is 2.17. The third-order valence-corrected chi connectivity index (χ3v) is 4.37. The molecule has 2 unspecified atom stereocenters. The van der Waals surface area contributed by atoms with Gasteiger partial charge in [0.25, 0.3) is 0 Å². The van der Waals surface area contributed by atoms with Gasteiger partial charge in [0, 0.05) is 6.42 Å². The number of piperidine rings is 1. The predicted molar refractivity (Wildman–Crippen MR) is 68.3 cm³/mol. The predicted octanol–water partition coefficient (Wildman–Crippen LogP) is 1.30. The fraction of sp³-hybridized carbons (Fsp3) is 0.846. The molecule has 0 radical (unpaired) electrons. The monoisotopic (exact) mass is 250 g/mol. The van der Waals surface area contributed by atoms with Crippen LogP contribution in [0.15, 0.2) is 0 Å². The molecule has 0 spiro atoms. The van der Waals surface area contributed by atoms with Crippen molar-refractivity contribution in [2.45, 2.75) is 50.6 Å². The summed E-state index contributed by atoms with van der Waals surface area (Å²) >= 11 is 0. The highest BCUT2D eigenvalue weighted by Gasteiger charge is 2.31. The molecule has 2 atom stereocenters. The van der Waals surface area contributed by atoms with Crippen molar-refractivity contribution < 1.29 is 5.11 Å². The molecule has 1 aromatic heterocycles. The highest BCUT2D eigenvalue weighted by molar-refractivity contribution is 5.07. The summed E-state index contributed by atoms with van der Waals surface area (Å²) in [4.78, 5) is 2.38. The van der Waals surface area contributed by atoms with Crippen molar-refractivity contribution in [3.8, 4) is 0 Å². The number of aromatic nitrogens is 3. The van der Waals surface area contributed by atoms with Crippen molar-refractivity contribution in [1.82, 2.24) is 19.7 Å². The van der Waals surface area contributed by atoms with E-state index in [0.29, 0.717) is 6.04 Å². The van der Waals surface area contributed by atoms with Gasteiger partial charge in [-0.3, -0.25) is 4.90 Å². The normalized spacial score (nSPS) is 29.2. The lowest BCUT2D eigenvalue weighted by Gasteiger charge is -2.34. The van der Waals surface area contributed by atoms with Crippen LogP contribution in [0.4, 0.5) is 0 Å². The third kappa shape index (κ3) is 1.95. The van der Waals surface area contributed by atoms with Gasteiger partial charge in [-0.1, -0.05) is 6.42 Å². The van der Waals surface area contributed by atoms with Crippen LogP contribution in [0.2, 0.25) is 0 Å². The molecular weight excluding hydrogens is 228 g/mol. The number of aryl methyl sites for hydroxylation is 1. The van der Waals surface area contributed by atoms with Crippen LogP contribution >= 0.6 is 0 Å². The van der Waals surface area contributed by atoms with Crippen LogP contribution in [-0.2, 0) is 6.42 Å². The smallest absolute Gasteiger partial charge is 0.150 e. The summed E-state index contributed by atoms with van der Waals surface area (Å²) in [5.74, 6) is 2.14. The van der Waals surface area contributed by atoms with Gasteiger partial charge >= 0.3 is 0 Å². The Bertz CT molecular complexity index is 417. The van der Waals surface area contributed by atoms with Crippen LogP contribution in [0, 0.1) is 0 Å². The minimum atomic E-state index is 0.189. The molecule has 2 aliphatic heterocycles. The minimum Gasteiger partial charge on any atom is -0.394 e. The first-order valence-corrected chi connectivity index (χ1v) is 7.06. The molecule has 2 aliphatic rings. The van der Waals surface area contributed by atoms with Crippen molar-refractivity contribution in [3.63, 3.8) is 0 Å². The Kier molecular flexibility index (Phi) is 3.35. The second-order valence-corrected chi connectivity index (χ2v) is 5.57. The molecule has 5 nitrogen and oxygen atoms in total. The van der Waals surface area contributed by atoms with E-state index in [0.717, 1.165) is 43.9 Å². The van der Waals surface area contributed by atoms with Gasteiger partial charge < -0.3 is 9.67 Å². The SMILES string of the molecule is CN1CCCCC1c1nnc2n1C(CO)CCC2. The first-order valence-electron chi connectivity index (χ1n) is 7.06. The van der Waals surface area contributed by atoms with Crippen LogP contribution in [0.1, 0.15) is 55.8 Å². The van der Waals surface area contributed by atoms with Crippen molar-refractivity contribution >= 4 is 0 Å². The van der Waals surface area contributed by atoms with Crippen molar-refractivity contribution in [3.05, 3.63) is 11.6 Å². The van der Waals surface area contributed by atoms with E-state index in [1.165, 1.54) is 12.8 Å². The lowest BCUT2D eigenvalue weighted by Crippen LogP contribution is -2.33. The molecule has 5 heteroatoms. The molecule has 0 amide bonds. The van der Waals surface area contributed by atoms with E-state index >= 15 is 0 Å². The second kappa shape index (κ2) is 4.97. The van der Waals surface area contributed by atoms with E-state index < -0.39 is 0 Å². The van der Waals surface area contributed by atoms with Crippen LogP contribution in [0.25, 0.3) is 0 Å². The minimum absolute atomic E-state index is 0.189. The molecule has 18 heavy (non-hydrogen) atoms. The summed E-state index contributed by atoms with van der Waals surface area (Å²) in [5.41, 5.74) is 0. The Morgan fingerprint density at radius 2 is 2.11 bits per heavy atom. The number of hydrogen-bond acceptors (Lipinski definition) is 4. The Morgan fingerprint density at radius 1 is 1.22 bits per heavy atom. The summed E-state index contributed by atoms with van der Waals surface area (Å²) < 4.78 is 2.22. The molecule has 0 aromatic carbocycles. The first kappa shape index (κ1) is 12.1. The quantitative estimate of drug-likeness (QED) is 0.859. The maximum absolute atomic E-state index is 9.55. The molecule has 3 rings (SSSR count). The molecule has 100 valence electrons. The van der Waals surface area contributed by atoms with Crippen LogP contribution in [0.3, 0.4) is 0 Å². The average Bonchev–Trinajstić information content (AvgIpc) is 2.83. The van der Waals surface area contributed by atoms with E-state index in [9.17, 15) is 5.11 Å². The van der Waals surface area contributed by atoms with Crippen LogP contribution < -0.4 is 0 Å². The van der Waals surface area contributed by atoms with Gasteiger partial charge in [0.2, 0.25) is 0 Å². The Balaban J connectivity index is 1.94. The molecule has 3 heterocycles. The van der Waals surface area contributed by atoms with E-state index in [2.05, 4.69) is 26.7 Å². The Labute approximate surface area is 108 Å². The zero-order chi connectivity index (χ0) is 12.5.